The molecule has 0 aliphatic rings. The summed E-state index contributed by atoms with van der Waals surface area (Å²) in [5, 5.41) is 15.4. The Morgan fingerprint density at radius 2 is 2.00 bits per heavy atom. The van der Waals surface area contributed by atoms with Crippen LogP contribution in [0.25, 0.3) is 5.69 Å². The van der Waals surface area contributed by atoms with Crippen LogP contribution >= 0.6 is 0 Å². The van der Waals surface area contributed by atoms with Crippen LogP contribution in [0.5, 0.6) is 5.75 Å². The van der Waals surface area contributed by atoms with E-state index in [2.05, 4.69) is 15.0 Å². The van der Waals surface area contributed by atoms with Gasteiger partial charge >= 0.3 is 12.3 Å². The number of hydrogen-bond donors (Lipinski definition) is 1. The molecule has 6 nitrogen and oxygen atoms in total. The lowest BCUT2D eigenvalue weighted by molar-refractivity contribution is -0.274. The number of hydrogen-bond acceptors (Lipinski definition) is 4. The maximum Gasteiger partial charge on any atom is 0.573 e. The SMILES string of the molecule is O=C(O)c1cn(-c2ccccc2OC(F)(F)F)nn1. The first kappa shape index (κ1) is 12.9. The van der Waals surface area contributed by atoms with E-state index in [0.29, 0.717) is 0 Å². The van der Waals surface area contributed by atoms with Gasteiger partial charge in [-0.2, -0.15) is 0 Å². The maximum atomic E-state index is 12.2. The molecule has 0 aliphatic heterocycles. The number of carboxylic acid groups (broad SMARTS) is 1. The Morgan fingerprint density at radius 1 is 1.32 bits per heavy atom. The van der Waals surface area contributed by atoms with Gasteiger partial charge in [0.05, 0.1) is 6.20 Å². The third-order valence-electron chi connectivity index (χ3n) is 2.05. The van der Waals surface area contributed by atoms with E-state index in [4.69, 9.17) is 5.11 Å². The molecule has 0 saturated heterocycles. The Hall–Kier alpha value is -2.58. The smallest absolute Gasteiger partial charge is 0.476 e. The highest BCUT2D eigenvalue weighted by Crippen LogP contribution is 2.28. The molecule has 0 fully saturated rings. The Kier molecular flexibility index (Phi) is 3.11. The van der Waals surface area contributed by atoms with Crippen molar-refractivity contribution in [2.75, 3.05) is 0 Å². The number of ether oxygens (including phenoxy) is 1. The van der Waals surface area contributed by atoms with Crippen LogP contribution in [0.1, 0.15) is 10.5 Å². The lowest BCUT2D eigenvalue weighted by Gasteiger charge is -2.12. The van der Waals surface area contributed by atoms with Crippen LogP contribution in [-0.4, -0.2) is 32.4 Å². The minimum absolute atomic E-state index is 0.0696. The van der Waals surface area contributed by atoms with Crippen LogP contribution in [-0.2, 0) is 0 Å². The van der Waals surface area contributed by atoms with Gasteiger partial charge in [0.25, 0.3) is 0 Å². The number of aromatic carboxylic acids is 1. The molecular formula is C10H6F3N3O3. The van der Waals surface area contributed by atoms with Crippen molar-refractivity contribution in [3.8, 4) is 11.4 Å². The van der Waals surface area contributed by atoms with Gasteiger partial charge in [-0.15, -0.1) is 18.3 Å². The zero-order chi connectivity index (χ0) is 14.0. The predicted octanol–water partition coefficient (Wildman–Crippen LogP) is 1.86. The number of carboxylic acids is 1. The second-order valence-corrected chi connectivity index (χ2v) is 3.37. The zero-order valence-electron chi connectivity index (χ0n) is 9.13. The van der Waals surface area contributed by atoms with Crippen molar-refractivity contribution in [1.82, 2.24) is 15.0 Å². The van der Waals surface area contributed by atoms with Gasteiger partial charge in [-0.1, -0.05) is 17.3 Å². The van der Waals surface area contributed by atoms with Gasteiger partial charge in [-0.3, -0.25) is 0 Å². The summed E-state index contributed by atoms with van der Waals surface area (Å²) in [6, 6.07) is 5.19. The second kappa shape index (κ2) is 4.59. The van der Waals surface area contributed by atoms with Gasteiger partial charge in [-0.05, 0) is 12.1 Å². The third kappa shape index (κ3) is 3.00. The topological polar surface area (TPSA) is 77.2 Å². The lowest BCUT2D eigenvalue weighted by atomic mass is 10.3. The van der Waals surface area contributed by atoms with Gasteiger partial charge in [-0.25, -0.2) is 9.48 Å². The van der Waals surface area contributed by atoms with Crippen molar-refractivity contribution in [2.24, 2.45) is 0 Å². The Balaban J connectivity index is 2.41. The van der Waals surface area contributed by atoms with Crippen LogP contribution in [0.4, 0.5) is 13.2 Å². The molecule has 0 spiro atoms. The van der Waals surface area contributed by atoms with Crippen LogP contribution in [0.3, 0.4) is 0 Å². The molecule has 0 aliphatic carbocycles. The van der Waals surface area contributed by atoms with Gasteiger partial charge in [0.1, 0.15) is 5.69 Å². The average molecular weight is 273 g/mol. The molecule has 1 N–H and O–H groups in total. The first-order chi connectivity index (χ1) is 8.87. The number of halogens is 3. The van der Waals surface area contributed by atoms with Gasteiger partial charge < -0.3 is 9.84 Å². The van der Waals surface area contributed by atoms with E-state index in [9.17, 15) is 18.0 Å². The van der Waals surface area contributed by atoms with Crippen LogP contribution in [0.2, 0.25) is 0 Å². The molecule has 0 atom stereocenters. The monoisotopic (exact) mass is 273 g/mol. The molecule has 2 aromatic rings. The van der Waals surface area contributed by atoms with Crippen LogP contribution < -0.4 is 4.74 Å². The molecule has 1 aromatic carbocycles. The molecule has 2 rings (SSSR count). The highest BCUT2D eigenvalue weighted by molar-refractivity contribution is 5.84. The number of benzene rings is 1. The van der Waals surface area contributed by atoms with Crippen molar-refractivity contribution >= 4 is 5.97 Å². The quantitative estimate of drug-likeness (QED) is 0.923. The summed E-state index contributed by atoms with van der Waals surface area (Å²) in [6.45, 7) is 0. The lowest BCUT2D eigenvalue weighted by Crippen LogP contribution is -2.18. The molecule has 0 amide bonds. The van der Waals surface area contributed by atoms with Gasteiger partial charge in [0, 0.05) is 0 Å². The van der Waals surface area contributed by atoms with Crippen molar-refractivity contribution in [1.29, 1.82) is 0 Å². The summed E-state index contributed by atoms with van der Waals surface area (Å²) in [6.07, 6.45) is -3.87. The number of carbonyl (C=O) groups is 1. The zero-order valence-corrected chi connectivity index (χ0v) is 9.13. The minimum atomic E-state index is -4.85. The van der Waals surface area contributed by atoms with Crippen LogP contribution in [0, 0.1) is 0 Å². The number of rotatable bonds is 3. The van der Waals surface area contributed by atoms with Gasteiger partial charge in [0.2, 0.25) is 0 Å². The third-order valence-corrected chi connectivity index (χ3v) is 2.05. The number of para-hydroxylation sites is 2. The first-order valence-corrected chi connectivity index (χ1v) is 4.87. The predicted molar refractivity (Wildman–Crippen MR) is 55.0 cm³/mol. The molecule has 0 bridgehead atoms. The summed E-state index contributed by atoms with van der Waals surface area (Å²) in [7, 11) is 0. The molecule has 19 heavy (non-hydrogen) atoms. The Morgan fingerprint density at radius 3 is 2.58 bits per heavy atom. The normalized spacial score (nSPS) is 11.3. The number of nitrogens with zero attached hydrogens (tertiary/aromatic N) is 3. The van der Waals surface area contributed by atoms with E-state index in [0.717, 1.165) is 16.9 Å². The Bertz CT molecular complexity index is 609. The number of aromatic nitrogens is 3. The van der Waals surface area contributed by atoms with E-state index in [1.165, 1.54) is 18.2 Å². The fraction of sp³-hybridized carbons (Fsp3) is 0.100. The fourth-order valence-corrected chi connectivity index (χ4v) is 1.34. The second-order valence-electron chi connectivity index (χ2n) is 3.37. The molecule has 0 radical (unpaired) electrons. The van der Waals surface area contributed by atoms with Crippen molar-refractivity contribution in [3.05, 3.63) is 36.2 Å². The van der Waals surface area contributed by atoms with E-state index < -0.39 is 18.1 Å². The highest BCUT2D eigenvalue weighted by Gasteiger charge is 2.32. The standard InChI is InChI=1S/C10H6F3N3O3/c11-10(12,13)19-8-4-2-1-3-7(8)16-5-6(9(17)18)14-15-16/h1-5H,(H,17,18). The van der Waals surface area contributed by atoms with E-state index in [1.54, 1.807) is 0 Å². The van der Waals surface area contributed by atoms with Crippen molar-refractivity contribution < 1.29 is 27.8 Å². The van der Waals surface area contributed by atoms with Crippen molar-refractivity contribution in [3.63, 3.8) is 0 Å². The highest BCUT2D eigenvalue weighted by atomic mass is 19.4. The first-order valence-electron chi connectivity index (χ1n) is 4.87. The summed E-state index contributed by atoms with van der Waals surface area (Å²) in [5.74, 6) is -1.84. The molecule has 1 aromatic heterocycles. The maximum absolute atomic E-state index is 12.2. The molecule has 0 unspecified atom stereocenters. The van der Waals surface area contributed by atoms with E-state index >= 15 is 0 Å². The molecule has 1 heterocycles. The molecule has 100 valence electrons. The molecule has 0 saturated carbocycles. The Labute approximate surface area is 104 Å². The number of alkyl halides is 3. The van der Waals surface area contributed by atoms with Crippen LogP contribution in [0.15, 0.2) is 30.5 Å². The molecular weight excluding hydrogens is 267 g/mol. The summed E-state index contributed by atoms with van der Waals surface area (Å²) in [4.78, 5) is 10.6. The summed E-state index contributed by atoms with van der Waals surface area (Å²) in [5.41, 5.74) is -0.457. The minimum Gasteiger partial charge on any atom is -0.476 e. The molecule has 9 heteroatoms. The van der Waals surface area contributed by atoms with E-state index in [-0.39, 0.29) is 11.4 Å². The fourth-order valence-electron chi connectivity index (χ4n) is 1.34. The van der Waals surface area contributed by atoms with E-state index in [1.807, 2.05) is 0 Å². The summed E-state index contributed by atoms with van der Waals surface area (Å²) < 4.78 is 41.3. The van der Waals surface area contributed by atoms with Crippen molar-refractivity contribution in [2.45, 2.75) is 6.36 Å². The average Bonchev–Trinajstić information content (AvgIpc) is 2.76. The summed E-state index contributed by atoms with van der Waals surface area (Å²) >= 11 is 0. The van der Waals surface area contributed by atoms with Gasteiger partial charge in [0.15, 0.2) is 11.4 Å². The largest absolute Gasteiger partial charge is 0.573 e.